The van der Waals surface area contributed by atoms with Crippen molar-refractivity contribution in [1.29, 1.82) is 0 Å². The van der Waals surface area contributed by atoms with Gasteiger partial charge in [-0.15, -0.1) is 0 Å². The Morgan fingerprint density at radius 3 is 2.73 bits per heavy atom. The van der Waals surface area contributed by atoms with Crippen LogP contribution in [-0.2, 0) is 11.3 Å². The average molecular weight is 412 g/mol. The van der Waals surface area contributed by atoms with Gasteiger partial charge in [0.2, 0.25) is 5.95 Å². The second-order valence-corrected chi connectivity index (χ2v) is 8.01. The predicted octanol–water partition coefficient (Wildman–Crippen LogP) is 2.41. The highest BCUT2D eigenvalue weighted by molar-refractivity contribution is 5.84. The third-order valence-corrected chi connectivity index (χ3v) is 5.48. The zero-order valence-corrected chi connectivity index (χ0v) is 17.4. The van der Waals surface area contributed by atoms with Gasteiger partial charge in [-0.05, 0) is 30.0 Å². The molecule has 1 saturated heterocycles. The summed E-state index contributed by atoms with van der Waals surface area (Å²) in [6.45, 7) is 6.07. The van der Waals surface area contributed by atoms with Gasteiger partial charge in [0, 0.05) is 18.8 Å². The summed E-state index contributed by atoms with van der Waals surface area (Å²) in [7, 11) is 0. The molecule has 30 heavy (non-hydrogen) atoms. The summed E-state index contributed by atoms with van der Waals surface area (Å²) < 4.78 is 7.61. The molecule has 1 aliphatic rings. The van der Waals surface area contributed by atoms with Crippen LogP contribution in [0.3, 0.4) is 0 Å². The Morgan fingerprint density at radius 1 is 1.27 bits per heavy atom. The molecule has 3 aromatic rings. The first-order valence-corrected chi connectivity index (χ1v) is 10.3. The number of aliphatic hydroxyl groups is 1. The minimum atomic E-state index is -0.140. The van der Waals surface area contributed by atoms with Crippen LogP contribution in [-0.4, -0.2) is 50.5 Å². The Hall–Kier alpha value is -2.91. The number of nitrogen functional groups attached to an aromatic ring is 1. The van der Waals surface area contributed by atoms with Crippen LogP contribution < -0.4 is 16.4 Å². The molecular weight excluding hydrogens is 382 g/mol. The Labute approximate surface area is 175 Å². The minimum absolute atomic E-state index is 0.00297. The van der Waals surface area contributed by atoms with Crippen molar-refractivity contribution in [3.63, 3.8) is 0 Å². The predicted molar refractivity (Wildman–Crippen MR) is 117 cm³/mol. The van der Waals surface area contributed by atoms with Gasteiger partial charge in [-0.2, -0.15) is 9.97 Å². The van der Waals surface area contributed by atoms with E-state index in [9.17, 15) is 5.11 Å². The summed E-state index contributed by atoms with van der Waals surface area (Å²) in [5.74, 6) is 1.35. The van der Waals surface area contributed by atoms with E-state index in [0.29, 0.717) is 30.4 Å². The van der Waals surface area contributed by atoms with Crippen molar-refractivity contribution in [2.45, 2.75) is 38.9 Å². The Morgan fingerprint density at radius 2 is 2.07 bits per heavy atom. The molecule has 1 unspecified atom stereocenters. The number of benzene rings is 1. The van der Waals surface area contributed by atoms with Crippen LogP contribution in [0, 0.1) is 5.92 Å². The lowest BCUT2D eigenvalue weighted by molar-refractivity contribution is 0.187. The van der Waals surface area contributed by atoms with Crippen molar-refractivity contribution >= 4 is 28.6 Å². The molecular formula is C21H29N7O2. The largest absolute Gasteiger partial charge is 0.399 e. The van der Waals surface area contributed by atoms with Crippen LogP contribution in [0.4, 0.5) is 17.5 Å². The molecule has 1 fully saturated rings. The molecule has 9 nitrogen and oxygen atoms in total. The fraction of sp³-hybridized carbons (Fsp3) is 0.476. The van der Waals surface area contributed by atoms with Crippen LogP contribution in [0.15, 0.2) is 30.6 Å². The molecule has 2 aromatic heterocycles. The number of nitrogens with zero attached hydrogens (tertiary/aromatic N) is 4. The molecule has 1 aromatic carbocycles. The third kappa shape index (κ3) is 4.31. The first-order chi connectivity index (χ1) is 14.5. The number of rotatable bonds is 8. The van der Waals surface area contributed by atoms with E-state index in [0.717, 1.165) is 29.9 Å². The van der Waals surface area contributed by atoms with Crippen molar-refractivity contribution in [3.8, 4) is 0 Å². The van der Waals surface area contributed by atoms with Crippen LogP contribution in [0.2, 0.25) is 0 Å². The quantitative estimate of drug-likeness (QED) is 0.417. The second kappa shape index (κ2) is 8.85. The summed E-state index contributed by atoms with van der Waals surface area (Å²) >= 11 is 0. The van der Waals surface area contributed by atoms with Crippen LogP contribution in [0.25, 0.3) is 11.2 Å². The van der Waals surface area contributed by atoms with Crippen LogP contribution in [0.1, 0.15) is 31.9 Å². The number of aromatic nitrogens is 4. The molecule has 5 N–H and O–H groups in total. The summed E-state index contributed by atoms with van der Waals surface area (Å²) in [6, 6.07) is 7.79. The van der Waals surface area contributed by atoms with E-state index in [1.54, 1.807) is 0 Å². The molecule has 0 amide bonds. The van der Waals surface area contributed by atoms with Gasteiger partial charge in [0.25, 0.3) is 0 Å². The molecule has 3 heterocycles. The summed E-state index contributed by atoms with van der Waals surface area (Å²) in [5.41, 5.74) is 9.07. The van der Waals surface area contributed by atoms with Crippen molar-refractivity contribution in [2.24, 2.45) is 5.92 Å². The molecule has 9 heteroatoms. The van der Waals surface area contributed by atoms with Gasteiger partial charge in [-0.3, -0.25) is 0 Å². The lowest BCUT2D eigenvalue weighted by Crippen LogP contribution is -2.30. The number of hydrogen-bond donors (Lipinski definition) is 4. The van der Waals surface area contributed by atoms with Gasteiger partial charge >= 0.3 is 0 Å². The van der Waals surface area contributed by atoms with Crippen LogP contribution in [0.5, 0.6) is 0 Å². The minimum Gasteiger partial charge on any atom is -0.399 e. The molecule has 2 atom stereocenters. The van der Waals surface area contributed by atoms with Crippen LogP contribution >= 0.6 is 0 Å². The summed E-state index contributed by atoms with van der Waals surface area (Å²) in [6.07, 6.45) is 2.74. The topological polar surface area (TPSA) is 123 Å². The van der Waals surface area contributed by atoms with E-state index >= 15 is 0 Å². The molecule has 160 valence electrons. The zero-order chi connectivity index (χ0) is 21.1. The van der Waals surface area contributed by atoms with Gasteiger partial charge in [-0.25, -0.2) is 4.98 Å². The molecule has 0 saturated carbocycles. The molecule has 4 rings (SSSR count). The number of anilines is 3. The average Bonchev–Trinajstić information content (AvgIpc) is 3.40. The fourth-order valence-corrected chi connectivity index (χ4v) is 3.52. The lowest BCUT2D eigenvalue weighted by atomic mass is 10.1. The van der Waals surface area contributed by atoms with Gasteiger partial charge in [-0.1, -0.05) is 26.0 Å². The maximum Gasteiger partial charge on any atom is 0.227 e. The Kier molecular flexibility index (Phi) is 6.01. The zero-order valence-electron chi connectivity index (χ0n) is 17.4. The molecule has 0 bridgehead atoms. The van der Waals surface area contributed by atoms with E-state index in [1.807, 2.05) is 44.4 Å². The number of nitrogens with two attached hydrogens (primary N) is 1. The van der Waals surface area contributed by atoms with E-state index in [4.69, 9.17) is 15.5 Å². The lowest BCUT2D eigenvalue weighted by Gasteiger charge is -2.20. The third-order valence-electron chi connectivity index (χ3n) is 5.48. The number of hydrogen-bond acceptors (Lipinski definition) is 8. The van der Waals surface area contributed by atoms with E-state index in [1.165, 1.54) is 0 Å². The maximum absolute atomic E-state index is 9.72. The summed E-state index contributed by atoms with van der Waals surface area (Å²) in [4.78, 5) is 14.0. The van der Waals surface area contributed by atoms with Crippen molar-refractivity contribution in [2.75, 3.05) is 36.2 Å². The molecule has 0 aliphatic carbocycles. The number of imidazole rings is 1. The number of aliphatic hydroxyl groups excluding tert-OH is 1. The first-order valence-electron chi connectivity index (χ1n) is 10.3. The highest BCUT2D eigenvalue weighted by Crippen LogP contribution is 2.28. The van der Waals surface area contributed by atoms with Gasteiger partial charge in [0.05, 0.1) is 31.6 Å². The first kappa shape index (κ1) is 20.4. The number of ether oxygens (including phenoxy) is 1. The fourth-order valence-electron chi connectivity index (χ4n) is 3.52. The van der Waals surface area contributed by atoms with Gasteiger partial charge in [0.1, 0.15) is 0 Å². The van der Waals surface area contributed by atoms with E-state index in [2.05, 4.69) is 25.2 Å². The van der Waals surface area contributed by atoms with E-state index in [-0.39, 0.29) is 24.6 Å². The smallest absolute Gasteiger partial charge is 0.227 e. The van der Waals surface area contributed by atoms with E-state index < -0.39 is 0 Å². The standard InChI is InChI=1S/C21H29N7O2/c1-13(2)17(10-29)25-21-26-19(23-9-14-3-5-15(22)6-4-14)18-20(27-21)28(12-24-18)16-7-8-30-11-16/h3-6,12-13,16-17,29H,7-11,22H2,1-2H3,(H2,23,25,26,27)/t16?,17-/m0/s1. The Bertz CT molecular complexity index is 981. The SMILES string of the molecule is CC(C)[C@H](CO)Nc1nc(NCc2ccc(N)cc2)c2ncn(C3CCOC3)c2n1. The molecule has 0 radical (unpaired) electrons. The monoisotopic (exact) mass is 411 g/mol. The molecule has 1 aliphatic heterocycles. The Balaban J connectivity index is 1.68. The summed E-state index contributed by atoms with van der Waals surface area (Å²) in [5, 5.41) is 16.4. The van der Waals surface area contributed by atoms with Crippen molar-refractivity contribution in [1.82, 2.24) is 19.5 Å². The number of nitrogens with one attached hydrogen (secondary N) is 2. The normalized spacial score (nSPS) is 17.5. The van der Waals surface area contributed by atoms with Crippen molar-refractivity contribution in [3.05, 3.63) is 36.2 Å². The maximum atomic E-state index is 9.72. The second-order valence-electron chi connectivity index (χ2n) is 8.01. The molecule has 0 spiro atoms. The van der Waals surface area contributed by atoms with Crippen molar-refractivity contribution < 1.29 is 9.84 Å². The van der Waals surface area contributed by atoms with Gasteiger partial charge < -0.3 is 30.8 Å². The number of fused-ring (bicyclic) bond motifs is 1. The van der Waals surface area contributed by atoms with Gasteiger partial charge in [0.15, 0.2) is 17.0 Å². The highest BCUT2D eigenvalue weighted by Gasteiger charge is 2.23. The highest BCUT2D eigenvalue weighted by atomic mass is 16.5.